The Kier molecular flexibility index (Phi) is 5.97. The van der Waals surface area contributed by atoms with Crippen molar-refractivity contribution in [1.29, 1.82) is 0 Å². The summed E-state index contributed by atoms with van der Waals surface area (Å²) < 4.78 is 13.2. The maximum atomic E-state index is 13.4. The Morgan fingerprint density at radius 2 is 1.41 bits per heavy atom. The largest absolute Gasteiger partial charge is 0.327 e. The summed E-state index contributed by atoms with van der Waals surface area (Å²) in [6.07, 6.45) is 9.91. The number of rotatable bonds is 5. The van der Waals surface area contributed by atoms with Gasteiger partial charge in [-0.15, -0.1) is 0 Å². The Morgan fingerprint density at radius 3 is 2.00 bits per heavy atom. The summed E-state index contributed by atoms with van der Waals surface area (Å²) in [5, 5.41) is 0. The van der Waals surface area contributed by atoms with E-state index in [-0.39, 0.29) is 36.2 Å². The van der Waals surface area contributed by atoms with Crippen molar-refractivity contribution in [3.63, 3.8) is 0 Å². The molecule has 29 heavy (non-hydrogen) atoms. The van der Waals surface area contributed by atoms with Crippen LogP contribution in [0.1, 0.15) is 81.0 Å². The van der Waals surface area contributed by atoms with Crippen LogP contribution >= 0.6 is 0 Å². The van der Waals surface area contributed by atoms with Gasteiger partial charge in [-0.1, -0.05) is 38.5 Å². The molecular weight excluding hydrogens is 371 g/mol. The highest BCUT2D eigenvalue weighted by Crippen LogP contribution is 2.35. The summed E-state index contributed by atoms with van der Waals surface area (Å²) in [4.78, 5) is 42.7. The minimum Gasteiger partial charge on any atom is -0.309 e. The number of hydrogen-bond donors (Lipinski definition) is 0. The first-order valence-corrected chi connectivity index (χ1v) is 11.0. The summed E-state index contributed by atoms with van der Waals surface area (Å²) in [5.74, 6) is -0.841. The quantitative estimate of drug-likeness (QED) is 0.532. The molecule has 0 bridgehead atoms. The molecule has 0 aromatic heterocycles. The minimum absolute atomic E-state index is 0.0276. The first-order valence-electron chi connectivity index (χ1n) is 11.0. The number of amides is 3. The van der Waals surface area contributed by atoms with Gasteiger partial charge in [-0.2, -0.15) is 0 Å². The van der Waals surface area contributed by atoms with E-state index < -0.39 is 11.9 Å². The van der Waals surface area contributed by atoms with Crippen LogP contribution in [0.25, 0.3) is 0 Å². The molecular formula is C23H29FN2O3. The minimum atomic E-state index is -0.731. The third-order valence-electron chi connectivity index (χ3n) is 6.74. The molecule has 2 aliphatic carbocycles. The summed E-state index contributed by atoms with van der Waals surface area (Å²) in [7, 11) is 0. The van der Waals surface area contributed by atoms with E-state index in [0.29, 0.717) is 5.56 Å². The Morgan fingerprint density at radius 1 is 0.862 bits per heavy atom. The van der Waals surface area contributed by atoms with Gasteiger partial charge >= 0.3 is 6.03 Å². The third kappa shape index (κ3) is 4.07. The number of ketones is 1. The average molecular weight is 400 g/mol. The zero-order valence-corrected chi connectivity index (χ0v) is 16.8. The van der Waals surface area contributed by atoms with E-state index in [0.717, 1.165) is 64.2 Å². The number of halogens is 1. The molecule has 5 nitrogen and oxygen atoms in total. The smallest absolute Gasteiger partial charge is 0.309 e. The Balaban J connectivity index is 1.58. The van der Waals surface area contributed by atoms with Crippen LogP contribution in [0.3, 0.4) is 0 Å². The van der Waals surface area contributed by atoms with Crippen molar-refractivity contribution in [2.24, 2.45) is 0 Å². The third-order valence-corrected chi connectivity index (χ3v) is 6.74. The first-order chi connectivity index (χ1) is 14.1. The highest BCUT2D eigenvalue weighted by Gasteiger charge is 2.50. The molecule has 3 amide bonds. The van der Waals surface area contributed by atoms with Gasteiger partial charge < -0.3 is 4.90 Å². The lowest BCUT2D eigenvalue weighted by atomic mass is 9.92. The van der Waals surface area contributed by atoms with Gasteiger partial charge in [0.25, 0.3) is 5.91 Å². The van der Waals surface area contributed by atoms with Crippen LogP contribution in [-0.2, 0) is 4.79 Å². The Hall–Kier alpha value is -2.24. The molecule has 0 N–H and O–H groups in total. The lowest BCUT2D eigenvalue weighted by Crippen LogP contribution is -2.46. The van der Waals surface area contributed by atoms with E-state index in [9.17, 15) is 18.8 Å². The topological polar surface area (TPSA) is 57.7 Å². The number of Topliss-reactive ketones (excluding diaryl/α,β-unsaturated/α-hetero) is 1. The summed E-state index contributed by atoms with van der Waals surface area (Å²) in [5.41, 5.74) is 0.381. The van der Waals surface area contributed by atoms with Crippen LogP contribution in [0, 0.1) is 5.82 Å². The molecule has 0 radical (unpaired) electrons. The van der Waals surface area contributed by atoms with Crippen LogP contribution < -0.4 is 0 Å². The molecule has 2 saturated carbocycles. The zero-order valence-electron chi connectivity index (χ0n) is 16.8. The highest BCUT2D eigenvalue weighted by atomic mass is 19.1. The summed E-state index contributed by atoms with van der Waals surface area (Å²) in [6, 6.07) is 4.45. The fraction of sp³-hybridized carbons (Fsp3) is 0.609. The molecule has 1 aromatic carbocycles. The van der Waals surface area contributed by atoms with E-state index in [4.69, 9.17) is 0 Å². The Labute approximate surface area is 171 Å². The maximum absolute atomic E-state index is 13.4. The molecule has 6 heteroatoms. The molecule has 1 aromatic rings. The van der Waals surface area contributed by atoms with Gasteiger partial charge in [0.15, 0.2) is 5.78 Å². The van der Waals surface area contributed by atoms with Gasteiger partial charge in [0.1, 0.15) is 11.9 Å². The monoisotopic (exact) mass is 400 g/mol. The van der Waals surface area contributed by atoms with Gasteiger partial charge in [0.05, 0.1) is 0 Å². The predicted octanol–water partition coefficient (Wildman–Crippen LogP) is 4.70. The predicted molar refractivity (Wildman–Crippen MR) is 107 cm³/mol. The maximum Gasteiger partial charge on any atom is 0.327 e. The highest BCUT2D eigenvalue weighted by molar-refractivity contribution is 6.08. The van der Waals surface area contributed by atoms with Crippen molar-refractivity contribution in [1.82, 2.24) is 9.80 Å². The lowest BCUT2D eigenvalue weighted by Gasteiger charge is -2.34. The summed E-state index contributed by atoms with van der Waals surface area (Å²) >= 11 is 0. The molecule has 1 atom stereocenters. The van der Waals surface area contributed by atoms with Crippen LogP contribution in [0.2, 0.25) is 0 Å². The van der Waals surface area contributed by atoms with Crippen molar-refractivity contribution in [3.8, 4) is 0 Å². The fourth-order valence-electron chi connectivity index (χ4n) is 5.19. The second kappa shape index (κ2) is 8.64. The Bertz CT molecular complexity index is 767. The number of hydrogen-bond acceptors (Lipinski definition) is 3. The van der Waals surface area contributed by atoms with E-state index in [1.165, 1.54) is 29.2 Å². The van der Waals surface area contributed by atoms with Gasteiger partial charge in [0.2, 0.25) is 0 Å². The number of benzene rings is 1. The number of nitrogens with zero attached hydrogens (tertiary/aromatic N) is 2. The standard InChI is InChI=1S/C23H29FN2O3/c24-17-13-11-16(12-14-17)21(27)15-20-22(28)26(19-9-5-2-6-10-19)23(29)25(20)18-7-3-1-4-8-18/h11-14,18-20H,1-10,15H2. The van der Waals surface area contributed by atoms with Crippen molar-refractivity contribution < 1.29 is 18.8 Å². The fourth-order valence-corrected chi connectivity index (χ4v) is 5.19. The van der Waals surface area contributed by atoms with Crippen LogP contribution in [-0.4, -0.2) is 45.6 Å². The van der Waals surface area contributed by atoms with Crippen molar-refractivity contribution >= 4 is 17.7 Å². The van der Waals surface area contributed by atoms with Crippen molar-refractivity contribution in [2.75, 3.05) is 0 Å². The molecule has 3 aliphatic rings. The normalized spacial score (nSPS) is 24.4. The lowest BCUT2D eigenvalue weighted by molar-refractivity contribution is -0.130. The molecule has 0 spiro atoms. The number of carbonyl (C=O) groups excluding carboxylic acids is 3. The van der Waals surface area contributed by atoms with Crippen molar-refractivity contribution in [3.05, 3.63) is 35.6 Å². The van der Waals surface area contributed by atoms with E-state index in [1.807, 2.05) is 0 Å². The zero-order chi connectivity index (χ0) is 20.4. The molecule has 156 valence electrons. The molecule has 1 heterocycles. The van der Waals surface area contributed by atoms with Crippen LogP contribution in [0.4, 0.5) is 9.18 Å². The van der Waals surface area contributed by atoms with Crippen molar-refractivity contribution in [2.45, 2.75) is 88.8 Å². The molecule has 1 unspecified atom stereocenters. The average Bonchev–Trinajstić information content (AvgIpc) is 2.99. The molecule has 1 saturated heterocycles. The number of imide groups is 1. The number of urea groups is 1. The molecule has 1 aliphatic heterocycles. The summed E-state index contributed by atoms with van der Waals surface area (Å²) in [6.45, 7) is 0. The second-order valence-corrected chi connectivity index (χ2v) is 8.63. The number of carbonyl (C=O) groups is 3. The van der Waals surface area contributed by atoms with Crippen LogP contribution in [0.5, 0.6) is 0 Å². The van der Waals surface area contributed by atoms with E-state index in [1.54, 1.807) is 4.90 Å². The first kappa shape index (κ1) is 20.0. The van der Waals surface area contributed by atoms with E-state index >= 15 is 0 Å². The van der Waals surface area contributed by atoms with Gasteiger partial charge in [-0.05, 0) is 49.9 Å². The SMILES string of the molecule is O=C(CC1C(=O)N(C2CCCCC2)C(=O)N1C1CCCCC1)c1ccc(F)cc1. The van der Waals surface area contributed by atoms with E-state index in [2.05, 4.69) is 0 Å². The van der Waals surface area contributed by atoms with Gasteiger partial charge in [0, 0.05) is 24.1 Å². The van der Waals surface area contributed by atoms with Gasteiger partial charge in [-0.25, -0.2) is 9.18 Å². The van der Waals surface area contributed by atoms with Crippen LogP contribution in [0.15, 0.2) is 24.3 Å². The molecule has 3 fully saturated rings. The second-order valence-electron chi connectivity index (χ2n) is 8.63. The molecule has 4 rings (SSSR count). The van der Waals surface area contributed by atoms with Gasteiger partial charge in [-0.3, -0.25) is 14.5 Å².